The Labute approximate surface area is 80.6 Å². The van der Waals surface area contributed by atoms with Crippen LogP contribution in [0.15, 0.2) is 17.1 Å². The van der Waals surface area contributed by atoms with Gasteiger partial charge in [0.2, 0.25) is 0 Å². The van der Waals surface area contributed by atoms with Crippen LogP contribution in [0.3, 0.4) is 0 Å². The van der Waals surface area contributed by atoms with E-state index in [9.17, 15) is 4.79 Å². The van der Waals surface area contributed by atoms with Crippen molar-refractivity contribution in [1.82, 2.24) is 14.6 Å². The minimum Gasteiger partial charge on any atom is -0.325 e. The molecule has 74 valence electrons. The predicted molar refractivity (Wildman–Crippen MR) is 53.1 cm³/mol. The van der Waals surface area contributed by atoms with Crippen LogP contribution in [0.2, 0.25) is 0 Å². The molecular formula is C9H12N4O. The molecule has 0 bridgehead atoms. The maximum Gasteiger partial charge on any atom is 0.272 e. The molecule has 3 N–H and O–H groups in total. The Morgan fingerprint density at radius 1 is 1.64 bits per heavy atom. The van der Waals surface area contributed by atoms with Crippen molar-refractivity contribution >= 4 is 5.65 Å². The SMILES string of the molecule is CCc1c[nH]n2c(=O)cc(CN)nc12. The standard InChI is InChI=1S/C9H12N4O/c1-2-6-5-11-13-8(14)3-7(4-10)12-9(6)13/h3,5,11H,2,4,10H2,1H3. The van der Waals surface area contributed by atoms with Crippen LogP contribution in [0.25, 0.3) is 5.65 Å². The van der Waals surface area contributed by atoms with Gasteiger partial charge in [-0.3, -0.25) is 9.89 Å². The number of nitrogens with one attached hydrogen (secondary N) is 1. The summed E-state index contributed by atoms with van der Waals surface area (Å²) in [4.78, 5) is 15.8. The van der Waals surface area contributed by atoms with Crippen LogP contribution in [-0.4, -0.2) is 14.6 Å². The number of nitrogens with two attached hydrogens (primary N) is 1. The molecule has 0 amide bonds. The van der Waals surface area contributed by atoms with Crippen molar-refractivity contribution in [1.29, 1.82) is 0 Å². The van der Waals surface area contributed by atoms with Crippen molar-refractivity contribution in [3.8, 4) is 0 Å². The first kappa shape index (κ1) is 8.96. The van der Waals surface area contributed by atoms with E-state index < -0.39 is 0 Å². The van der Waals surface area contributed by atoms with Gasteiger partial charge in [0.25, 0.3) is 5.56 Å². The van der Waals surface area contributed by atoms with Gasteiger partial charge < -0.3 is 5.73 Å². The van der Waals surface area contributed by atoms with Crippen molar-refractivity contribution < 1.29 is 0 Å². The lowest BCUT2D eigenvalue weighted by Gasteiger charge is -1.97. The third-order valence-corrected chi connectivity index (χ3v) is 2.22. The minimum absolute atomic E-state index is 0.116. The Hall–Kier alpha value is -1.62. The summed E-state index contributed by atoms with van der Waals surface area (Å²) in [5.41, 5.74) is 7.67. The van der Waals surface area contributed by atoms with Crippen molar-refractivity contribution in [2.45, 2.75) is 19.9 Å². The minimum atomic E-state index is -0.116. The zero-order chi connectivity index (χ0) is 10.1. The van der Waals surface area contributed by atoms with Gasteiger partial charge in [-0.25, -0.2) is 9.50 Å². The van der Waals surface area contributed by atoms with E-state index in [0.29, 0.717) is 17.9 Å². The summed E-state index contributed by atoms with van der Waals surface area (Å²) in [6, 6.07) is 1.45. The summed E-state index contributed by atoms with van der Waals surface area (Å²) in [5, 5.41) is 2.86. The maximum absolute atomic E-state index is 11.5. The van der Waals surface area contributed by atoms with Crippen LogP contribution >= 0.6 is 0 Å². The fourth-order valence-electron chi connectivity index (χ4n) is 1.44. The number of H-pyrrole nitrogens is 1. The van der Waals surface area contributed by atoms with E-state index >= 15 is 0 Å². The number of hydrogen-bond donors (Lipinski definition) is 2. The molecule has 0 radical (unpaired) electrons. The maximum atomic E-state index is 11.5. The highest BCUT2D eigenvalue weighted by Crippen LogP contribution is 2.06. The lowest BCUT2D eigenvalue weighted by molar-refractivity contribution is 0.869. The van der Waals surface area contributed by atoms with E-state index in [2.05, 4.69) is 10.1 Å². The summed E-state index contributed by atoms with van der Waals surface area (Å²) in [5.74, 6) is 0. The molecule has 2 aromatic rings. The van der Waals surface area contributed by atoms with Crippen LogP contribution in [0, 0.1) is 0 Å². The highest BCUT2D eigenvalue weighted by Gasteiger charge is 2.06. The number of fused-ring (bicyclic) bond motifs is 1. The van der Waals surface area contributed by atoms with E-state index in [-0.39, 0.29) is 5.56 Å². The summed E-state index contributed by atoms with van der Waals surface area (Å²) in [7, 11) is 0. The Balaban J connectivity index is 2.80. The molecule has 5 heteroatoms. The second-order valence-electron chi connectivity index (χ2n) is 3.10. The number of nitrogens with zero attached hydrogens (tertiary/aromatic N) is 2. The van der Waals surface area contributed by atoms with Crippen molar-refractivity contribution in [2.24, 2.45) is 5.73 Å². The van der Waals surface area contributed by atoms with Gasteiger partial charge in [0.05, 0.1) is 5.69 Å². The third-order valence-electron chi connectivity index (χ3n) is 2.22. The van der Waals surface area contributed by atoms with E-state index in [1.165, 1.54) is 10.6 Å². The van der Waals surface area contributed by atoms with Crippen LogP contribution < -0.4 is 11.3 Å². The summed E-state index contributed by atoms with van der Waals surface area (Å²) >= 11 is 0. The Kier molecular flexibility index (Phi) is 2.09. The molecule has 2 heterocycles. The van der Waals surface area contributed by atoms with Crippen LogP contribution in [-0.2, 0) is 13.0 Å². The van der Waals surface area contributed by atoms with E-state index in [0.717, 1.165) is 12.0 Å². The fraction of sp³-hybridized carbons (Fsp3) is 0.333. The van der Waals surface area contributed by atoms with Gasteiger partial charge in [-0.05, 0) is 6.42 Å². The zero-order valence-corrected chi connectivity index (χ0v) is 7.95. The molecule has 2 aromatic heterocycles. The third kappa shape index (κ3) is 1.22. The van der Waals surface area contributed by atoms with Crippen molar-refractivity contribution in [3.05, 3.63) is 33.9 Å². The van der Waals surface area contributed by atoms with Crippen LogP contribution in [0.4, 0.5) is 0 Å². The Bertz CT molecular complexity index is 511. The van der Waals surface area contributed by atoms with E-state index in [4.69, 9.17) is 5.73 Å². The highest BCUT2D eigenvalue weighted by atomic mass is 16.1. The van der Waals surface area contributed by atoms with Crippen molar-refractivity contribution in [3.63, 3.8) is 0 Å². The molecule has 0 spiro atoms. The molecule has 14 heavy (non-hydrogen) atoms. The zero-order valence-electron chi connectivity index (χ0n) is 7.95. The molecule has 0 unspecified atom stereocenters. The molecule has 0 aliphatic heterocycles. The summed E-state index contributed by atoms with van der Waals surface area (Å²) in [6.07, 6.45) is 2.64. The second-order valence-corrected chi connectivity index (χ2v) is 3.10. The average molecular weight is 192 g/mol. The number of rotatable bonds is 2. The van der Waals surface area contributed by atoms with Gasteiger partial charge in [-0.15, -0.1) is 0 Å². The van der Waals surface area contributed by atoms with E-state index in [1.807, 2.05) is 6.92 Å². The van der Waals surface area contributed by atoms with Crippen LogP contribution in [0.5, 0.6) is 0 Å². The first-order chi connectivity index (χ1) is 6.76. The number of aryl methyl sites for hydroxylation is 1. The molecule has 0 fully saturated rings. The molecule has 0 aliphatic carbocycles. The van der Waals surface area contributed by atoms with Gasteiger partial charge in [-0.1, -0.05) is 6.92 Å². The van der Waals surface area contributed by atoms with Gasteiger partial charge in [0, 0.05) is 24.4 Å². The summed E-state index contributed by atoms with van der Waals surface area (Å²) < 4.78 is 1.43. The van der Waals surface area contributed by atoms with Crippen molar-refractivity contribution in [2.75, 3.05) is 0 Å². The largest absolute Gasteiger partial charge is 0.325 e. The van der Waals surface area contributed by atoms with E-state index in [1.54, 1.807) is 6.20 Å². The van der Waals surface area contributed by atoms with Gasteiger partial charge >= 0.3 is 0 Å². The lowest BCUT2D eigenvalue weighted by Crippen LogP contribution is -2.17. The molecule has 0 aliphatic rings. The molecule has 2 rings (SSSR count). The topological polar surface area (TPSA) is 76.2 Å². The Morgan fingerprint density at radius 2 is 2.43 bits per heavy atom. The summed E-state index contributed by atoms with van der Waals surface area (Å²) in [6.45, 7) is 2.31. The second kappa shape index (κ2) is 3.26. The molecule has 0 atom stereocenters. The highest BCUT2D eigenvalue weighted by molar-refractivity contribution is 5.46. The number of hydrogen-bond acceptors (Lipinski definition) is 3. The molecule has 0 aromatic carbocycles. The average Bonchev–Trinajstić information content (AvgIpc) is 2.61. The monoisotopic (exact) mass is 192 g/mol. The first-order valence-corrected chi connectivity index (χ1v) is 4.55. The van der Waals surface area contributed by atoms with Gasteiger partial charge in [-0.2, -0.15) is 0 Å². The molecule has 5 nitrogen and oxygen atoms in total. The first-order valence-electron chi connectivity index (χ1n) is 4.55. The number of aromatic amines is 1. The lowest BCUT2D eigenvalue weighted by atomic mass is 10.2. The normalized spacial score (nSPS) is 11.0. The van der Waals surface area contributed by atoms with Gasteiger partial charge in [0.1, 0.15) is 0 Å². The molecular weight excluding hydrogens is 180 g/mol. The Morgan fingerprint density at radius 3 is 3.07 bits per heavy atom. The fourth-order valence-corrected chi connectivity index (χ4v) is 1.44. The predicted octanol–water partition coefficient (Wildman–Crippen LogP) is 0.0437. The number of aromatic nitrogens is 3. The quantitative estimate of drug-likeness (QED) is 0.705. The van der Waals surface area contributed by atoms with Gasteiger partial charge in [0.15, 0.2) is 5.65 Å². The molecule has 0 saturated carbocycles. The molecule has 0 saturated heterocycles. The smallest absolute Gasteiger partial charge is 0.272 e. The van der Waals surface area contributed by atoms with Crippen LogP contribution in [0.1, 0.15) is 18.2 Å².